The van der Waals surface area contributed by atoms with Gasteiger partial charge in [0, 0.05) is 0 Å². The lowest BCUT2D eigenvalue weighted by Crippen LogP contribution is -2.19. The first-order chi connectivity index (χ1) is 11.1. The summed E-state index contributed by atoms with van der Waals surface area (Å²) in [5, 5.41) is 25.5. The second kappa shape index (κ2) is 4.44. The highest BCUT2D eigenvalue weighted by Crippen LogP contribution is 2.42. The Bertz CT molecular complexity index is 1010. The van der Waals surface area contributed by atoms with Crippen molar-refractivity contribution in [2.45, 2.75) is 32.0 Å². The van der Waals surface area contributed by atoms with Crippen LogP contribution in [0.4, 0.5) is 0 Å². The van der Waals surface area contributed by atoms with Crippen LogP contribution in [0.2, 0.25) is 0 Å². The first-order valence-corrected chi connectivity index (χ1v) is 8.20. The molecule has 23 heavy (non-hydrogen) atoms. The van der Waals surface area contributed by atoms with Crippen LogP contribution in [-0.4, -0.2) is 16.3 Å². The van der Waals surface area contributed by atoms with Gasteiger partial charge in [0.05, 0.1) is 0 Å². The topological polar surface area (TPSA) is 40.5 Å². The van der Waals surface area contributed by atoms with E-state index in [0.717, 1.165) is 29.4 Å². The fourth-order valence-electron chi connectivity index (χ4n) is 4.39. The summed E-state index contributed by atoms with van der Waals surface area (Å²) in [6.45, 7) is 2.19. The maximum absolute atomic E-state index is 10.5. The van der Waals surface area contributed by atoms with Crippen LogP contribution in [0.15, 0.2) is 36.4 Å². The van der Waals surface area contributed by atoms with Crippen molar-refractivity contribution >= 4 is 27.6 Å². The van der Waals surface area contributed by atoms with Crippen LogP contribution in [0, 0.1) is 6.92 Å². The molecule has 0 amide bonds. The van der Waals surface area contributed by atoms with Gasteiger partial charge in [0.25, 0.3) is 0 Å². The monoisotopic (exact) mass is 302 g/mol. The SMILES string of the molecule is Cc1ccc2cc3c4c(ccc3c3c2c1CC3)C=C[C@@H](O)[C@@H]4O. The van der Waals surface area contributed by atoms with Crippen molar-refractivity contribution in [3.8, 4) is 0 Å². The molecule has 2 aliphatic rings. The minimum atomic E-state index is -0.852. The predicted molar refractivity (Wildman–Crippen MR) is 93.6 cm³/mol. The number of hydrogen-bond acceptors (Lipinski definition) is 2. The van der Waals surface area contributed by atoms with Gasteiger partial charge in [-0.2, -0.15) is 0 Å². The average Bonchev–Trinajstić information content (AvgIpc) is 3.00. The maximum Gasteiger partial charge on any atom is 0.110 e. The van der Waals surface area contributed by atoms with Crippen molar-refractivity contribution in [3.05, 3.63) is 64.2 Å². The Balaban J connectivity index is 1.96. The fourth-order valence-corrected chi connectivity index (χ4v) is 4.39. The normalized spacial score (nSPS) is 22.0. The zero-order valence-electron chi connectivity index (χ0n) is 13.0. The van der Waals surface area contributed by atoms with E-state index in [0.29, 0.717) is 0 Å². The molecule has 0 bridgehead atoms. The smallest absolute Gasteiger partial charge is 0.110 e. The van der Waals surface area contributed by atoms with E-state index in [2.05, 4.69) is 37.3 Å². The molecule has 0 fully saturated rings. The van der Waals surface area contributed by atoms with Gasteiger partial charge in [-0.05, 0) is 75.2 Å². The molecule has 3 aromatic carbocycles. The highest BCUT2D eigenvalue weighted by molar-refractivity contribution is 6.07. The minimum absolute atomic E-state index is 0.828. The van der Waals surface area contributed by atoms with Gasteiger partial charge in [-0.1, -0.05) is 36.4 Å². The Labute approximate surface area is 134 Å². The molecule has 0 saturated carbocycles. The van der Waals surface area contributed by atoms with Crippen LogP contribution in [0.3, 0.4) is 0 Å². The molecule has 0 radical (unpaired) electrons. The molecule has 114 valence electrons. The first kappa shape index (κ1) is 13.3. The Hall–Kier alpha value is -2.16. The van der Waals surface area contributed by atoms with Crippen molar-refractivity contribution in [2.24, 2.45) is 0 Å². The second-order valence-electron chi connectivity index (χ2n) is 6.77. The van der Waals surface area contributed by atoms with E-state index < -0.39 is 12.2 Å². The largest absolute Gasteiger partial charge is 0.386 e. The number of aryl methyl sites for hydroxylation is 3. The van der Waals surface area contributed by atoms with Gasteiger partial charge in [0.15, 0.2) is 0 Å². The second-order valence-corrected chi connectivity index (χ2v) is 6.77. The summed E-state index contributed by atoms with van der Waals surface area (Å²) >= 11 is 0. The van der Waals surface area contributed by atoms with Crippen molar-refractivity contribution < 1.29 is 10.2 Å². The molecular weight excluding hydrogens is 284 g/mol. The highest BCUT2D eigenvalue weighted by atomic mass is 16.3. The summed E-state index contributed by atoms with van der Waals surface area (Å²) in [5.41, 5.74) is 6.11. The van der Waals surface area contributed by atoms with Crippen LogP contribution in [0.5, 0.6) is 0 Å². The summed E-state index contributed by atoms with van der Waals surface area (Å²) in [4.78, 5) is 0. The van der Waals surface area contributed by atoms with E-state index in [1.807, 2.05) is 6.08 Å². The summed E-state index contributed by atoms with van der Waals surface area (Å²) in [7, 11) is 0. The van der Waals surface area contributed by atoms with Crippen LogP contribution in [0.25, 0.3) is 27.6 Å². The van der Waals surface area contributed by atoms with Crippen molar-refractivity contribution in [3.63, 3.8) is 0 Å². The van der Waals surface area contributed by atoms with Gasteiger partial charge < -0.3 is 10.2 Å². The third kappa shape index (κ3) is 1.65. The Morgan fingerprint density at radius 2 is 1.78 bits per heavy atom. The third-order valence-electron chi connectivity index (χ3n) is 5.54. The van der Waals surface area contributed by atoms with Crippen molar-refractivity contribution in [1.29, 1.82) is 0 Å². The molecule has 0 saturated heterocycles. The fraction of sp³-hybridized carbons (Fsp3) is 0.238. The van der Waals surface area contributed by atoms with E-state index in [1.54, 1.807) is 6.08 Å². The van der Waals surface area contributed by atoms with Crippen LogP contribution in [0.1, 0.15) is 33.9 Å². The summed E-state index contributed by atoms with van der Waals surface area (Å²) in [6, 6.07) is 10.8. The molecular formula is C21H18O2. The van der Waals surface area contributed by atoms with Gasteiger partial charge in [0.1, 0.15) is 12.2 Å². The van der Waals surface area contributed by atoms with E-state index >= 15 is 0 Å². The molecule has 0 aromatic heterocycles. The molecule has 0 aliphatic heterocycles. The average molecular weight is 302 g/mol. The molecule has 2 heteroatoms. The quantitative estimate of drug-likeness (QED) is 0.620. The highest BCUT2D eigenvalue weighted by Gasteiger charge is 2.27. The molecule has 2 aliphatic carbocycles. The number of aliphatic hydroxyl groups excluding tert-OH is 2. The van der Waals surface area contributed by atoms with Gasteiger partial charge in [-0.3, -0.25) is 0 Å². The van der Waals surface area contributed by atoms with E-state index in [1.165, 1.54) is 32.8 Å². The molecule has 0 heterocycles. The standard InChI is InChI=1S/C21H18O2/c1-11-2-3-13-10-17-15(16-8-7-14(11)19(13)16)6-4-12-5-9-18(22)21(23)20(12)17/h2-6,9-10,18,21-23H,7-8H2,1H3/t18-,21+/m1/s1. The van der Waals surface area contributed by atoms with E-state index in [4.69, 9.17) is 0 Å². The lowest BCUT2D eigenvalue weighted by molar-refractivity contribution is 0.0480. The maximum atomic E-state index is 10.5. The lowest BCUT2D eigenvalue weighted by atomic mass is 9.85. The van der Waals surface area contributed by atoms with Gasteiger partial charge in [-0.15, -0.1) is 0 Å². The number of aliphatic hydroxyl groups is 2. The van der Waals surface area contributed by atoms with Gasteiger partial charge in [-0.25, -0.2) is 0 Å². The molecule has 2 atom stereocenters. The Kier molecular flexibility index (Phi) is 2.56. The van der Waals surface area contributed by atoms with Crippen LogP contribution < -0.4 is 0 Å². The number of benzene rings is 3. The first-order valence-electron chi connectivity index (χ1n) is 8.20. The van der Waals surface area contributed by atoms with Crippen LogP contribution in [-0.2, 0) is 12.8 Å². The number of rotatable bonds is 0. The van der Waals surface area contributed by atoms with Crippen LogP contribution >= 0.6 is 0 Å². The zero-order valence-corrected chi connectivity index (χ0v) is 13.0. The Morgan fingerprint density at radius 3 is 2.65 bits per heavy atom. The van der Waals surface area contributed by atoms with Crippen molar-refractivity contribution in [2.75, 3.05) is 0 Å². The third-order valence-corrected chi connectivity index (χ3v) is 5.54. The number of hydrogen-bond donors (Lipinski definition) is 2. The minimum Gasteiger partial charge on any atom is -0.386 e. The zero-order chi connectivity index (χ0) is 15.7. The van der Waals surface area contributed by atoms with E-state index in [9.17, 15) is 10.2 Å². The molecule has 0 unspecified atom stereocenters. The Morgan fingerprint density at radius 1 is 0.957 bits per heavy atom. The van der Waals surface area contributed by atoms with E-state index in [-0.39, 0.29) is 0 Å². The summed E-state index contributed by atoms with van der Waals surface area (Å²) in [5.74, 6) is 0. The molecule has 2 N–H and O–H groups in total. The summed E-state index contributed by atoms with van der Waals surface area (Å²) in [6.07, 6.45) is 4.05. The lowest BCUT2D eigenvalue weighted by Gasteiger charge is -2.24. The molecule has 0 spiro atoms. The van der Waals surface area contributed by atoms with Gasteiger partial charge in [0.2, 0.25) is 0 Å². The molecule has 5 rings (SSSR count). The predicted octanol–water partition coefficient (Wildman–Crippen LogP) is 3.82. The molecule has 2 nitrogen and oxygen atoms in total. The summed E-state index contributed by atoms with van der Waals surface area (Å²) < 4.78 is 0. The molecule has 3 aromatic rings. The van der Waals surface area contributed by atoms with Crippen molar-refractivity contribution in [1.82, 2.24) is 0 Å². The number of fused-ring (bicyclic) bond motifs is 4. The van der Waals surface area contributed by atoms with Gasteiger partial charge >= 0.3 is 0 Å².